The van der Waals surface area contributed by atoms with E-state index in [-0.39, 0.29) is 0 Å². The molecule has 0 amide bonds. The van der Waals surface area contributed by atoms with Crippen molar-refractivity contribution in [2.75, 3.05) is 6.26 Å². The second kappa shape index (κ2) is 4.57. The highest BCUT2D eigenvalue weighted by Crippen LogP contribution is 2.08. The van der Waals surface area contributed by atoms with Crippen molar-refractivity contribution >= 4 is 34.0 Å². The molecule has 0 fully saturated rings. The van der Waals surface area contributed by atoms with Gasteiger partial charge < -0.3 is 0 Å². The lowest BCUT2D eigenvalue weighted by Crippen LogP contribution is -2.25. The molecule has 1 heterocycles. The van der Waals surface area contributed by atoms with Crippen molar-refractivity contribution in [2.45, 2.75) is 10.5 Å². The maximum atomic E-state index is 7.72. The summed E-state index contributed by atoms with van der Waals surface area (Å²) >= 11 is 4.68. The van der Waals surface area contributed by atoms with E-state index >= 15 is 0 Å². The highest BCUT2D eigenvalue weighted by Gasteiger charge is 2.03. The van der Waals surface area contributed by atoms with E-state index in [1.807, 2.05) is 6.26 Å². The molecule has 0 aliphatic heterocycles. The van der Waals surface area contributed by atoms with Gasteiger partial charge in [-0.3, -0.25) is 15.4 Å². The van der Waals surface area contributed by atoms with Gasteiger partial charge in [0.1, 0.15) is 5.49 Å². The van der Waals surface area contributed by atoms with Crippen LogP contribution in [0.2, 0.25) is 0 Å². The number of halogens is 1. The number of nitrogens with one attached hydrogen (secondary N) is 2. The fourth-order valence-corrected chi connectivity index (χ4v) is 1.78. The first kappa shape index (κ1) is 10.5. The van der Waals surface area contributed by atoms with Crippen LogP contribution >= 0.6 is 27.7 Å². The molecular weight excluding hydrogens is 252 g/mol. The molecule has 4 nitrogen and oxygen atoms in total. The van der Waals surface area contributed by atoms with Gasteiger partial charge in [-0.15, -0.1) is 0 Å². The van der Waals surface area contributed by atoms with Gasteiger partial charge in [-0.25, -0.2) is 4.98 Å². The molecule has 0 aromatic carbocycles. The summed E-state index contributed by atoms with van der Waals surface area (Å²) in [6, 6.07) is 0. The first-order valence-electron chi connectivity index (χ1n) is 3.50. The van der Waals surface area contributed by atoms with Crippen molar-refractivity contribution in [3.8, 4) is 0 Å². The maximum Gasteiger partial charge on any atom is 0.174 e. The summed E-state index contributed by atoms with van der Waals surface area (Å²) in [6.45, 7) is 0. The Balaban J connectivity index is 3.40. The predicted molar refractivity (Wildman–Crippen MR) is 56.7 cm³/mol. The van der Waals surface area contributed by atoms with Crippen molar-refractivity contribution in [3.05, 3.63) is 17.2 Å². The van der Waals surface area contributed by atoms with Crippen LogP contribution in [0.15, 0.2) is 11.4 Å². The zero-order chi connectivity index (χ0) is 9.84. The minimum atomic E-state index is 0.311. The molecule has 0 aliphatic carbocycles. The van der Waals surface area contributed by atoms with Crippen molar-refractivity contribution in [3.63, 3.8) is 0 Å². The summed E-state index contributed by atoms with van der Waals surface area (Å²) in [5.74, 6) is 0. The van der Waals surface area contributed by atoms with Crippen LogP contribution in [0, 0.1) is 10.8 Å². The lowest BCUT2D eigenvalue weighted by Gasteiger charge is -2.06. The molecule has 1 aromatic rings. The van der Waals surface area contributed by atoms with Crippen LogP contribution in [0.3, 0.4) is 0 Å². The van der Waals surface area contributed by atoms with Gasteiger partial charge in [0.15, 0.2) is 5.16 Å². The van der Waals surface area contributed by atoms with Gasteiger partial charge in [0.05, 0.1) is 6.34 Å². The SMILES string of the molecule is CSc1ncc(CBr)c(=N)n1C=N. The van der Waals surface area contributed by atoms with Gasteiger partial charge >= 0.3 is 0 Å². The number of hydrogen-bond acceptors (Lipinski definition) is 4. The molecule has 0 atom stereocenters. The number of hydrogen-bond donors (Lipinski definition) is 2. The van der Waals surface area contributed by atoms with E-state index in [0.717, 1.165) is 11.9 Å². The lowest BCUT2D eigenvalue weighted by atomic mass is 10.4. The second-order valence-electron chi connectivity index (χ2n) is 2.25. The third-order valence-electron chi connectivity index (χ3n) is 1.54. The Bertz CT molecular complexity index is 373. The number of rotatable bonds is 3. The standard InChI is InChI=1S/C7H9BrN4S/c1-13-7-11-3-5(2-8)6(10)12(7)4-9/h3-4,9-10H,2H2,1H3. The van der Waals surface area contributed by atoms with Gasteiger partial charge in [0, 0.05) is 17.1 Å². The summed E-state index contributed by atoms with van der Waals surface area (Å²) < 4.78 is 1.45. The van der Waals surface area contributed by atoms with Gasteiger partial charge in [-0.2, -0.15) is 0 Å². The van der Waals surface area contributed by atoms with Gasteiger partial charge in [0.25, 0.3) is 0 Å². The first-order valence-corrected chi connectivity index (χ1v) is 5.84. The number of alkyl halides is 1. The Hall–Kier alpha value is -0.620. The van der Waals surface area contributed by atoms with Crippen molar-refractivity contribution < 1.29 is 0 Å². The predicted octanol–water partition coefficient (Wildman–Crippen LogP) is 1.43. The number of thioether (sulfide) groups is 1. The molecule has 0 bridgehead atoms. The molecule has 70 valence electrons. The van der Waals surface area contributed by atoms with Crippen molar-refractivity contribution in [1.29, 1.82) is 10.8 Å². The second-order valence-corrected chi connectivity index (χ2v) is 3.59. The monoisotopic (exact) mass is 260 g/mol. The van der Waals surface area contributed by atoms with E-state index in [4.69, 9.17) is 10.8 Å². The van der Waals surface area contributed by atoms with E-state index in [0.29, 0.717) is 16.0 Å². The van der Waals surface area contributed by atoms with Crippen molar-refractivity contribution in [2.24, 2.45) is 0 Å². The Morgan fingerprint density at radius 2 is 2.46 bits per heavy atom. The summed E-state index contributed by atoms with van der Waals surface area (Å²) in [6.07, 6.45) is 4.63. The average molecular weight is 261 g/mol. The van der Waals surface area contributed by atoms with Gasteiger partial charge in [-0.05, 0) is 6.26 Å². The van der Waals surface area contributed by atoms with Crippen LogP contribution in [0.25, 0.3) is 0 Å². The number of aromatic nitrogens is 2. The third-order valence-corrected chi connectivity index (χ3v) is 2.81. The van der Waals surface area contributed by atoms with Crippen LogP contribution in [-0.4, -0.2) is 22.1 Å². The molecule has 1 aromatic heterocycles. The average Bonchev–Trinajstić information content (AvgIpc) is 2.17. The molecule has 6 heteroatoms. The molecule has 0 aliphatic rings. The summed E-state index contributed by atoms with van der Waals surface area (Å²) in [5.41, 5.74) is 1.09. The van der Waals surface area contributed by atoms with Crippen LogP contribution in [0.5, 0.6) is 0 Å². The molecule has 0 spiro atoms. The van der Waals surface area contributed by atoms with E-state index in [9.17, 15) is 0 Å². The highest BCUT2D eigenvalue weighted by atomic mass is 79.9. The van der Waals surface area contributed by atoms with Gasteiger partial charge in [-0.1, -0.05) is 27.7 Å². The van der Waals surface area contributed by atoms with E-state index < -0.39 is 0 Å². The van der Waals surface area contributed by atoms with Crippen LogP contribution < -0.4 is 5.49 Å². The van der Waals surface area contributed by atoms with Crippen molar-refractivity contribution in [1.82, 2.24) is 9.55 Å². The summed E-state index contributed by atoms with van der Waals surface area (Å²) in [7, 11) is 0. The largest absolute Gasteiger partial charge is 0.291 e. The molecule has 1 rings (SSSR count). The quantitative estimate of drug-likeness (QED) is 0.284. The maximum absolute atomic E-state index is 7.72. The minimum Gasteiger partial charge on any atom is -0.291 e. The molecule has 0 saturated heterocycles. The molecule has 0 radical (unpaired) electrons. The summed E-state index contributed by atoms with van der Waals surface area (Å²) in [4.78, 5) is 4.12. The smallest absolute Gasteiger partial charge is 0.174 e. The van der Waals surface area contributed by atoms with E-state index in [1.165, 1.54) is 16.3 Å². The summed E-state index contributed by atoms with van der Waals surface area (Å²) in [5, 5.41) is 16.1. The minimum absolute atomic E-state index is 0.311. The Morgan fingerprint density at radius 3 is 2.92 bits per heavy atom. The van der Waals surface area contributed by atoms with Crippen LogP contribution in [0.4, 0.5) is 0 Å². The van der Waals surface area contributed by atoms with E-state index in [1.54, 1.807) is 6.20 Å². The topological polar surface area (TPSA) is 65.5 Å². The fraction of sp³-hybridized carbons (Fsp3) is 0.286. The highest BCUT2D eigenvalue weighted by molar-refractivity contribution is 9.08. The molecule has 13 heavy (non-hydrogen) atoms. The van der Waals surface area contributed by atoms with E-state index in [2.05, 4.69) is 20.9 Å². The fourth-order valence-electron chi connectivity index (χ4n) is 0.875. The zero-order valence-electron chi connectivity index (χ0n) is 7.04. The zero-order valence-corrected chi connectivity index (χ0v) is 9.44. The molecule has 0 saturated carbocycles. The Labute approximate surface area is 88.5 Å². The normalized spacial score (nSPS) is 10.0. The molecular formula is C7H9BrN4S. The molecule has 0 unspecified atom stereocenters. The van der Waals surface area contributed by atoms with Crippen LogP contribution in [-0.2, 0) is 5.33 Å². The third kappa shape index (κ3) is 2.00. The first-order chi connectivity index (χ1) is 6.24. The van der Waals surface area contributed by atoms with Gasteiger partial charge in [0.2, 0.25) is 0 Å². The molecule has 2 N–H and O–H groups in total. The Kier molecular flexibility index (Phi) is 3.68. The lowest BCUT2D eigenvalue weighted by molar-refractivity contribution is 0.796. The number of nitrogens with zero attached hydrogens (tertiary/aromatic N) is 2. The Morgan fingerprint density at radius 1 is 1.77 bits per heavy atom. The van der Waals surface area contributed by atoms with Crippen LogP contribution in [0.1, 0.15) is 5.56 Å².